The monoisotopic (exact) mass is 387 g/mol. The molecule has 0 atom stereocenters. The maximum Gasteiger partial charge on any atom is 0.0514 e. The number of hydrogen-bond acceptors (Lipinski definition) is 0. The first kappa shape index (κ1) is 14.3. The molecule has 3 rings (SSSR count). The molecule has 0 unspecified atom stereocenters. The van der Waals surface area contributed by atoms with Crippen molar-refractivity contribution in [2.45, 2.75) is 6.54 Å². The average Bonchev–Trinajstić information content (AvgIpc) is 2.76. The highest BCUT2D eigenvalue weighted by Crippen LogP contribution is 2.30. The molecule has 1 heterocycles. The van der Waals surface area contributed by atoms with Crippen LogP contribution in [0.1, 0.15) is 5.56 Å². The van der Waals surface area contributed by atoms with Crippen molar-refractivity contribution in [3.05, 3.63) is 67.7 Å². The fourth-order valence-corrected chi connectivity index (χ4v) is 3.47. The molecule has 0 bridgehead atoms. The fourth-order valence-electron chi connectivity index (χ4n) is 2.19. The van der Waals surface area contributed by atoms with E-state index in [0.29, 0.717) is 16.6 Å². The summed E-state index contributed by atoms with van der Waals surface area (Å²) >= 11 is 22.0. The van der Waals surface area contributed by atoms with E-state index in [9.17, 15) is 0 Å². The van der Waals surface area contributed by atoms with Crippen molar-refractivity contribution in [2.24, 2.45) is 0 Å². The smallest absolute Gasteiger partial charge is 0.0514 e. The van der Waals surface area contributed by atoms with Crippen molar-refractivity contribution >= 4 is 61.6 Å². The number of rotatable bonds is 2. The third kappa shape index (κ3) is 2.71. The van der Waals surface area contributed by atoms with E-state index in [4.69, 9.17) is 34.8 Å². The summed E-state index contributed by atoms with van der Waals surface area (Å²) in [5.41, 5.74) is 2.05. The van der Waals surface area contributed by atoms with E-state index < -0.39 is 0 Å². The number of aromatic nitrogens is 1. The number of benzene rings is 2. The van der Waals surface area contributed by atoms with Crippen molar-refractivity contribution in [2.75, 3.05) is 0 Å². The molecule has 0 N–H and O–H groups in total. The van der Waals surface area contributed by atoms with Crippen LogP contribution in [0.2, 0.25) is 15.1 Å². The van der Waals surface area contributed by atoms with Crippen LogP contribution in [0.25, 0.3) is 10.9 Å². The molecule has 0 fully saturated rings. The fraction of sp³-hybridized carbons (Fsp3) is 0.0667. The van der Waals surface area contributed by atoms with Gasteiger partial charge < -0.3 is 4.57 Å². The molecule has 102 valence electrons. The summed E-state index contributed by atoms with van der Waals surface area (Å²) in [6.45, 7) is 0.673. The van der Waals surface area contributed by atoms with Gasteiger partial charge in [-0.3, -0.25) is 0 Å². The molecule has 0 aliphatic carbocycles. The van der Waals surface area contributed by atoms with Gasteiger partial charge in [-0.15, -0.1) is 0 Å². The van der Waals surface area contributed by atoms with Gasteiger partial charge in [0.1, 0.15) is 0 Å². The summed E-state index contributed by atoms with van der Waals surface area (Å²) in [6.07, 6.45) is 1.99. The van der Waals surface area contributed by atoms with Gasteiger partial charge in [-0.25, -0.2) is 0 Å². The van der Waals surface area contributed by atoms with E-state index in [-0.39, 0.29) is 0 Å². The molecule has 0 saturated carbocycles. The number of halogens is 4. The van der Waals surface area contributed by atoms with Crippen molar-refractivity contribution in [3.8, 4) is 0 Å². The van der Waals surface area contributed by atoms with E-state index in [1.54, 1.807) is 6.07 Å². The second-order valence-electron chi connectivity index (χ2n) is 4.50. The predicted octanol–water partition coefficient (Wildman–Crippen LogP) is 6.41. The minimum atomic E-state index is 0.629. The van der Waals surface area contributed by atoms with Crippen molar-refractivity contribution in [1.82, 2.24) is 4.57 Å². The van der Waals surface area contributed by atoms with Crippen molar-refractivity contribution in [3.63, 3.8) is 0 Å². The second kappa shape index (κ2) is 5.61. The Bertz CT molecular complexity index is 795. The Kier molecular flexibility index (Phi) is 4.00. The van der Waals surface area contributed by atoms with Crippen LogP contribution in [0.3, 0.4) is 0 Å². The van der Waals surface area contributed by atoms with Gasteiger partial charge in [0.05, 0.1) is 10.5 Å². The largest absolute Gasteiger partial charge is 0.343 e. The topological polar surface area (TPSA) is 4.93 Å². The maximum absolute atomic E-state index is 6.26. The van der Waals surface area contributed by atoms with Crippen LogP contribution in [0.4, 0.5) is 0 Å². The lowest BCUT2D eigenvalue weighted by Gasteiger charge is -2.09. The highest BCUT2D eigenvalue weighted by molar-refractivity contribution is 9.10. The molecule has 0 spiro atoms. The Hall–Kier alpha value is -0.670. The normalized spacial score (nSPS) is 11.2. The van der Waals surface area contributed by atoms with Crippen LogP contribution < -0.4 is 0 Å². The molecule has 0 aliphatic rings. The van der Waals surface area contributed by atoms with E-state index in [1.807, 2.05) is 36.5 Å². The molecular formula is C15H9BrCl3N. The zero-order valence-electron chi connectivity index (χ0n) is 10.2. The molecule has 0 amide bonds. The Balaban J connectivity index is 2.07. The highest BCUT2D eigenvalue weighted by Gasteiger charge is 2.08. The van der Waals surface area contributed by atoms with Gasteiger partial charge in [-0.2, -0.15) is 0 Å². The number of fused-ring (bicyclic) bond motifs is 1. The molecule has 0 saturated heterocycles. The zero-order chi connectivity index (χ0) is 14.3. The molecule has 0 aliphatic heterocycles. The summed E-state index contributed by atoms with van der Waals surface area (Å²) < 4.78 is 3.05. The third-order valence-corrected chi connectivity index (χ3v) is 4.53. The maximum atomic E-state index is 6.26. The number of hydrogen-bond donors (Lipinski definition) is 0. The Morgan fingerprint density at radius 2 is 1.75 bits per heavy atom. The summed E-state index contributed by atoms with van der Waals surface area (Å²) in [5, 5.41) is 3.01. The van der Waals surface area contributed by atoms with Gasteiger partial charge >= 0.3 is 0 Å². The third-order valence-electron chi connectivity index (χ3n) is 3.16. The molecule has 1 aromatic heterocycles. The van der Waals surface area contributed by atoms with E-state index in [2.05, 4.69) is 20.5 Å². The van der Waals surface area contributed by atoms with Gasteiger partial charge in [0.15, 0.2) is 0 Å². The molecule has 20 heavy (non-hydrogen) atoms. The summed E-state index contributed by atoms with van der Waals surface area (Å²) in [7, 11) is 0. The molecule has 3 aromatic rings. The van der Waals surface area contributed by atoms with Crippen LogP contribution in [0.15, 0.2) is 47.1 Å². The van der Waals surface area contributed by atoms with Crippen LogP contribution >= 0.6 is 50.7 Å². The second-order valence-corrected chi connectivity index (χ2v) is 6.67. The van der Waals surface area contributed by atoms with Gasteiger partial charge in [-0.05, 0) is 35.9 Å². The lowest BCUT2D eigenvalue weighted by atomic mass is 10.2. The van der Waals surface area contributed by atoms with E-state index in [1.165, 1.54) is 0 Å². The van der Waals surface area contributed by atoms with Crippen LogP contribution in [0, 0.1) is 0 Å². The van der Waals surface area contributed by atoms with Crippen LogP contribution in [-0.4, -0.2) is 4.57 Å². The first-order valence-corrected chi connectivity index (χ1v) is 7.85. The van der Waals surface area contributed by atoms with E-state index >= 15 is 0 Å². The number of nitrogens with zero attached hydrogens (tertiary/aromatic N) is 1. The van der Waals surface area contributed by atoms with Crippen LogP contribution in [0.5, 0.6) is 0 Å². The Morgan fingerprint density at radius 1 is 0.950 bits per heavy atom. The summed E-state index contributed by atoms with van der Waals surface area (Å²) in [6, 6.07) is 11.5. The standard InChI is InChI=1S/C15H9BrCl3N/c16-10-2-1-9(13(18)5-10)8-20-4-3-12-14(19)6-11(17)7-15(12)20/h1-7H,8H2. The van der Waals surface area contributed by atoms with Gasteiger partial charge in [-0.1, -0.05) is 56.8 Å². The van der Waals surface area contributed by atoms with E-state index in [0.717, 1.165) is 26.0 Å². The summed E-state index contributed by atoms with van der Waals surface area (Å²) in [5.74, 6) is 0. The molecule has 0 radical (unpaired) electrons. The molecular weight excluding hydrogens is 380 g/mol. The highest BCUT2D eigenvalue weighted by atomic mass is 79.9. The summed E-state index contributed by atoms with van der Waals surface area (Å²) in [4.78, 5) is 0. The minimum Gasteiger partial charge on any atom is -0.343 e. The molecule has 1 nitrogen and oxygen atoms in total. The molecule has 5 heteroatoms. The Labute approximate surface area is 140 Å². The van der Waals surface area contributed by atoms with Crippen molar-refractivity contribution in [1.29, 1.82) is 0 Å². The quantitative estimate of drug-likeness (QED) is 0.477. The Morgan fingerprint density at radius 3 is 2.50 bits per heavy atom. The average molecular weight is 390 g/mol. The SMILES string of the molecule is Clc1cc(Cl)c2ccn(Cc3ccc(Br)cc3Cl)c2c1. The van der Waals surface area contributed by atoms with Gasteiger partial charge in [0.2, 0.25) is 0 Å². The lowest BCUT2D eigenvalue weighted by molar-refractivity contribution is 0.837. The first-order chi connectivity index (χ1) is 9.54. The lowest BCUT2D eigenvalue weighted by Crippen LogP contribution is -1.98. The first-order valence-electron chi connectivity index (χ1n) is 5.92. The van der Waals surface area contributed by atoms with Gasteiger partial charge in [0, 0.05) is 32.6 Å². The zero-order valence-corrected chi connectivity index (χ0v) is 14.1. The molecule has 2 aromatic carbocycles. The van der Waals surface area contributed by atoms with Gasteiger partial charge in [0.25, 0.3) is 0 Å². The minimum absolute atomic E-state index is 0.629. The van der Waals surface area contributed by atoms with Crippen LogP contribution in [-0.2, 0) is 6.54 Å². The van der Waals surface area contributed by atoms with Crippen molar-refractivity contribution < 1.29 is 0 Å². The predicted molar refractivity (Wildman–Crippen MR) is 90.2 cm³/mol.